The maximum absolute atomic E-state index is 7.04. The lowest BCUT2D eigenvalue weighted by atomic mass is 9.82. The number of hydrogen-bond acceptors (Lipinski definition) is 5. The number of fused-ring (bicyclic) bond motifs is 4. The number of hydrogen-bond donors (Lipinski definition) is 3. The SMILES string of the molecule is Cc1ccc(C2(c3ccc(N)cc3)C=Cc3c(N)c(N)c4cc5c(cc4c3O2)OCCC5CI)cc1. The van der Waals surface area contributed by atoms with Gasteiger partial charge in [-0.25, -0.2) is 0 Å². The van der Waals surface area contributed by atoms with Crippen molar-refractivity contribution >= 4 is 56.5 Å². The molecule has 0 radical (unpaired) electrons. The number of nitrogens with two attached hydrogens (primary N) is 3. The van der Waals surface area contributed by atoms with E-state index in [-0.39, 0.29) is 0 Å². The number of halogens is 1. The number of ether oxygens (including phenoxy) is 2. The van der Waals surface area contributed by atoms with E-state index in [4.69, 9.17) is 26.7 Å². The molecule has 2 aliphatic heterocycles. The van der Waals surface area contributed by atoms with Gasteiger partial charge in [-0.1, -0.05) is 64.6 Å². The van der Waals surface area contributed by atoms with Gasteiger partial charge in [-0.05, 0) is 61.2 Å². The third-order valence-electron chi connectivity index (χ3n) is 7.43. The van der Waals surface area contributed by atoms with Gasteiger partial charge in [-0.2, -0.15) is 0 Å². The van der Waals surface area contributed by atoms with Crippen LogP contribution in [0.15, 0.2) is 66.7 Å². The highest BCUT2D eigenvalue weighted by atomic mass is 127. The third kappa shape index (κ3) is 3.50. The molecule has 2 unspecified atom stereocenters. The zero-order valence-electron chi connectivity index (χ0n) is 20.1. The van der Waals surface area contributed by atoms with Crippen LogP contribution in [-0.2, 0) is 5.60 Å². The molecule has 2 atom stereocenters. The highest BCUT2D eigenvalue weighted by molar-refractivity contribution is 14.1. The molecule has 0 saturated heterocycles. The van der Waals surface area contributed by atoms with Crippen LogP contribution in [0.5, 0.6) is 11.5 Å². The van der Waals surface area contributed by atoms with E-state index in [0.717, 1.165) is 44.1 Å². The van der Waals surface area contributed by atoms with Gasteiger partial charge < -0.3 is 26.7 Å². The highest BCUT2D eigenvalue weighted by Gasteiger charge is 2.39. The zero-order valence-corrected chi connectivity index (χ0v) is 22.2. The van der Waals surface area contributed by atoms with E-state index in [1.807, 2.05) is 30.3 Å². The van der Waals surface area contributed by atoms with Gasteiger partial charge in [-0.15, -0.1) is 0 Å². The minimum absolute atomic E-state index is 0.428. The number of alkyl halides is 1. The van der Waals surface area contributed by atoms with Crippen LogP contribution in [0.1, 0.15) is 40.2 Å². The minimum Gasteiger partial charge on any atom is -0.493 e. The van der Waals surface area contributed by atoms with E-state index < -0.39 is 5.60 Å². The van der Waals surface area contributed by atoms with Crippen molar-refractivity contribution in [3.8, 4) is 11.5 Å². The lowest BCUT2D eigenvalue weighted by Crippen LogP contribution is -2.34. The Kier molecular flexibility index (Phi) is 5.52. The summed E-state index contributed by atoms with van der Waals surface area (Å²) in [5, 5.41) is 1.80. The van der Waals surface area contributed by atoms with E-state index in [1.54, 1.807) is 0 Å². The molecular formula is C30H28IN3O2. The van der Waals surface area contributed by atoms with Crippen LogP contribution < -0.4 is 26.7 Å². The lowest BCUT2D eigenvalue weighted by Gasteiger charge is -2.37. The van der Waals surface area contributed by atoms with Crippen molar-refractivity contribution in [2.45, 2.75) is 24.9 Å². The first-order valence-corrected chi connectivity index (χ1v) is 13.6. The Bertz CT molecular complexity index is 1470. The normalized spacial score (nSPS) is 20.3. The fourth-order valence-corrected chi connectivity index (χ4v) is 6.23. The van der Waals surface area contributed by atoms with Crippen molar-refractivity contribution in [1.29, 1.82) is 0 Å². The van der Waals surface area contributed by atoms with Crippen molar-refractivity contribution in [1.82, 2.24) is 0 Å². The van der Waals surface area contributed by atoms with Gasteiger partial charge in [0.05, 0.1) is 18.0 Å². The molecule has 0 aromatic heterocycles. The van der Waals surface area contributed by atoms with Crippen LogP contribution in [-0.4, -0.2) is 11.0 Å². The fourth-order valence-electron chi connectivity index (χ4n) is 5.32. The average Bonchev–Trinajstić information content (AvgIpc) is 2.91. The van der Waals surface area contributed by atoms with Crippen LogP contribution in [0.4, 0.5) is 17.1 Å². The molecule has 36 heavy (non-hydrogen) atoms. The Morgan fingerprint density at radius 1 is 0.917 bits per heavy atom. The van der Waals surface area contributed by atoms with E-state index in [0.29, 0.717) is 35.3 Å². The second-order valence-electron chi connectivity index (χ2n) is 9.65. The van der Waals surface area contributed by atoms with Gasteiger partial charge >= 0.3 is 0 Å². The fraction of sp³-hybridized carbons (Fsp3) is 0.200. The maximum atomic E-state index is 7.04. The van der Waals surface area contributed by atoms with Gasteiger partial charge in [0.25, 0.3) is 0 Å². The zero-order chi connectivity index (χ0) is 25.0. The molecule has 4 aromatic rings. The van der Waals surface area contributed by atoms with Crippen molar-refractivity contribution < 1.29 is 9.47 Å². The van der Waals surface area contributed by atoms with Gasteiger partial charge in [-0.3, -0.25) is 0 Å². The molecule has 0 fully saturated rings. The van der Waals surface area contributed by atoms with Gasteiger partial charge in [0.1, 0.15) is 11.5 Å². The second-order valence-corrected chi connectivity index (χ2v) is 10.5. The molecule has 0 amide bonds. The molecule has 2 heterocycles. The summed E-state index contributed by atoms with van der Waals surface area (Å²) in [7, 11) is 0. The topological polar surface area (TPSA) is 96.5 Å². The third-order valence-corrected chi connectivity index (χ3v) is 8.49. The molecule has 6 N–H and O–H groups in total. The monoisotopic (exact) mass is 589 g/mol. The minimum atomic E-state index is -0.856. The average molecular weight is 589 g/mol. The first kappa shape index (κ1) is 23.0. The van der Waals surface area contributed by atoms with Crippen molar-refractivity contribution in [3.63, 3.8) is 0 Å². The molecule has 0 bridgehead atoms. The summed E-state index contributed by atoms with van der Waals surface area (Å²) in [5.41, 5.74) is 25.4. The molecule has 0 aliphatic carbocycles. The summed E-state index contributed by atoms with van der Waals surface area (Å²) in [4.78, 5) is 0. The van der Waals surface area contributed by atoms with E-state index >= 15 is 0 Å². The summed E-state index contributed by atoms with van der Waals surface area (Å²) >= 11 is 2.44. The van der Waals surface area contributed by atoms with E-state index in [9.17, 15) is 0 Å². The van der Waals surface area contributed by atoms with Crippen molar-refractivity contribution in [2.75, 3.05) is 28.2 Å². The molecule has 0 saturated carbocycles. The van der Waals surface area contributed by atoms with Gasteiger partial charge in [0.15, 0.2) is 5.60 Å². The number of benzene rings is 4. The first-order chi connectivity index (χ1) is 17.4. The van der Waals surface area contributed by atoms with Crippen LogP contribution >= 0.6 is 22.6 Å². The van der Waals surface area contributed by atoms with E-state index in [2.05, 4.69) is 72.0 Å². The second kappa shape index (κ2) is 8.62. The molecular weight excluding hydrogens is 561 g/mol. The molecule has 6 heteroatoms. The molecule has 182 valence electrons. The van der Waals surface area contributed by atoms with Crippen LogP contribution in [0.2, 0.25) is 0 Å². The molecule has 6 rings (SSSR count). The Morgan fingerprint density at radius 3 is 2.31 bits per heavy atom. The smallest absolute Gasteiger partial charge is 0.178 e. The Balaban J connectivity index is 1.62. The number of anilines is 3. The standard InChI is InChI=1S/C30H28IN3O2/c1-17-2-4-19(5-3-17)30(20-6-8-21(32)9-7-20)12-10-22-27(33)28(34)24-14-23-18(16-31)11-13-35-26(23)15-25(24)29(22)36-30/h2-10,12,14-15,18H,11,13,16,32-34H2,1H3. The maximum Gasteiger partial charge on any atom is 0.178 e. The quantitative estimate of drug-likeness (QED) is 0.109. The first-order valence-electron chi connectivity index (χ1n) is 12.1. The van der Waals surface area contributed by atoms with Crippen molar-refractivity contribution in [3.05, 3.63) is 94.6 Å². The van der Waals surface area contributed by atoms with Crippen molar-refractivity contribution in [2.24, 2.45) is 0 Å². The van der Waals surface area contributed by atoms with Gasteiger partial charge in [0.2, 0.25) is 0 Å². The summed E-state index contributed by atoms with van der Waals surface area (Å²) in [5.74, 6) is 2.03. The Labute approximate surface area is 224 Å². The Hall–Kier alpha value is -3.39. The largest absolute Gasteiger partial charge is 0.493 e. The summed E-state index contributed by atoms with van der Waals surface area (Å²) in [6.07, 6.45) is 5.09. The Morgan fingerprint density at radius 2 is 1.61 bits per heavy atom. The number of nitrogen functional groups attached to an aromatic ring is 3. The predicted octanol–water partition coefficient (Wildman–Crippen LogP) is 6.55. The van der Waals surface area contributed by atoms with Crippen LogP contribution in [0.3, 0.4) is 0 Å². The summed E-state index contributed by atoms with van der Waals surface area (Å²) in [6, 6.07) is 20.5. The van der Waals surface area contributed by atoms with E-state index in [1.165, 1.54) is 11.1 Å². The predicted molar refractivity (Wildman–Crippen MR) is 157 cm³/mol. The van der Waals surface area contributed by atoms with Crippen LogP contribution in [0, 0.1) is 6.92 Å². The highest BCUT2D eigenvalue weighted by Crippen LogP contribution is 2.51. The molecule has 2 aliphatic rings. The lowest BCUT2D eigenvalue weighted by molar-refractivity contribution is 0.163. The number of aryl methyl sites for hydroxylation is 1. The summed E-state index contributed by atoms with van der Waals surface area (Å²) < 4.78 is 14.2. The molecule has 5 nitrogen and oxygen atoms in total. The van der Waals surface area contributed by atoms with Crippen LogP contribution in [0.25, 0.3) is 16.8 Å². The molecule has 0 spiro atoms. The van der Waals surface area contributed by atoms with Gasteiger partial charge in [0, 0.05) is 37.6 Å². The molecule has 4 aromatic carbocycles. The summed E-state index contributed by atoms with van der Waals surface area (Å²) in [6.45, 7) is 2.79. The number of rotatable bonds is 3.